The number of benzene rings is 2. The lowest BCUT2D eigenvalue weighted by Crippen LogP contribution is -2.61. The molecule has 4 rings (SSSR count). The number of likely N-dealkylation sites (N-methyl/N-ethyl adjacent to an activating group) is 1. The van der Waals surface area contributed by atoms with Gasteiger partial charge in [-0.05, 0) is 48.9 Å². The number of morpholine rings is 1. The lowest BCUT2D eigenvalue weighted by molar-refractivity contribution is -0.137. The molecular formula is C26H30ClF4N3O2. The van der Waals surface area contributed by atoms with E-state index in [2.05, 4.69) is 9.80 Å². The van der Waals surface area contributed by atoms with Crippen molar-refractivity contribution in [1.82, 2.24) is 14.7 Å². The van der Waals surface area contributed by atoms with E-state index in [9.17, 15) is 22.4 Å². The normalized spacial score (nSPS) is 18.6. The topological polar surface area (TPSA) is 36.0 Å². The first-order chi connectivity index (χ1) is 17.1. The quantitative estimate of drug-likeness (QED) is 0.464. The van der Waals surface area contributed by atoms with Gasteiger partial charge in [0.2, 0.25) is 0 Å². The number of rotatable bonds is 8. The van der Waals surface area contributed by atoms with E-state index in [0.717, 1.165) is 70.1 Å². The summed E-state index contributed by atoms with van der Waals surface area (Å²) >= 11 is 5.87. The Labute approximate surface area is 213 Å². The van der Waals surface area contributed by atoms with Gasteiger partial charge in [0.05, 0.1) is 18.8 Å². The summed E-state index contributed by atoms with van der Waals surface area (Å²) in [6, 6.07) is 9.56. The molecule has 2 aromatic rings. The minimum Gasteiger partial charge on any atom is -0.379 e. The van der Waals surface area contributed by atoms with E-state index in [0.29, 0.717) is 6.04 Å². The molecule has 0 unspecified atom stereocenters. The fourth-order valence-electron chi connectivity index (χ4n) is 4.85. The monoisotopic (exact) mass is 527 g/mol. The van der Waals surface area contributed by atoms with Crippen molar-refractivity contribution in [3.05, 3.63) is 70.0 Å². The average Bonchev–Trinajstić information content (AvgIpc) is 2.82. The van der Waals surface area contributed by atoms with Gasteiger partial charge >= 0.3 is 6.18 Å². The molecule has 2 fully saturated rings. The standard InChI is InChI=1S/C26H30ClF4N3O2/c1-32(25(35)20-12-21(26(29,30)31)14-22(27)13-20)15-19(18-2-4-23(28)5-3-18)6-7-33-16-24(17-33)34-8-10-36-11-9-34/h2-5,12-14,19,24H,6-11,15-17H2,1H3/t19-/m1/s1. The summed E-state index contributed by atoms with van der Waals surface area (Å²) in [4.78, 5) is 19.2. The molecule has 0 saturated carbocycles. The molecule has 2 aromatic carbocycles. The number of halogens is 5. The van der Waals surface area contributed by atoms with E-state index < -0.39 is 17.6 Å². The van der Waals surface area contributed by atoms with Crippen LogP contribution in [0.1, 0.15) is 33.8 Å². The molecular weight excluding hydrogens is 498 g/mol. The van der Waals surface area contributed by atoms with Gasteiger partial charge in [-0.25, -0.2) is 4.39 Å². The summed E-state index contributed by atoms with van der Waals surface area (Å²) in [5.41, 5.74) is -0.205. The summed E-state index contributed by atoms with van der Waals surface area (Å²) in [6.07, 6.45) is -3.88. The molecule has 1 atom stereocenters. The Kier molecular flexibility index (Phi) is 8.55. The van der Waals surface area contributed by atoms with Crippen molar-refractivity contribution in [2.75, 3.05) is 59.5 Å². The largest absolute Gasteiger partial charge is 0.416 e. The van der Waals surface area contributed by atoms with Crippen molar-refractivity contribution in [2.45, 2.75) is 24.6 Å². The molecule has 36 heavy (non-hydrogen) atoms. The molecule has 2 heterocycles. The minimum atomic E-state index is -4.61. The number of alkyl halides is 3. The van der Waals surface area contributed by atoms with Crippen molar-refractivity contribution in [1.29, 1.82) is 0 Å². The maximum atomic E-state index is 13.5. The van der Waals surface area contributed by atoms with Gasteiger partial charge in [-0.2, -0.15) is 13.2 Å². The van der Waals surface area contributed by atoms with Crippen molar-refractivity contribution >= 4 is 17.5 Å². The molecule has 0 N–H and O–H groups in total. The van der Waals surface area contributed by atoms with Gasteiger partial charge in [0.15, 0.2) is 0 Å². The number of hydrogen-bond acceptors (Lipinski definition) is 4. The number of likely N-dealkylation sites (tertiary alicyclic amines) is 1. The molecule has 2 aliphatic heterocycles. The fraction of sp³-hybridized carbons (Fsp3) is 0.500. The number of ether oxygens (including phenoxy) is 1. The smallest absolute Gasteiger partial charge is 0.379 e. The SMILES string of the molecule is CN(C[C@@H](CCN1CC(N2CCOCC2)C1)c1ccc(F)cc1)C(=O)c1cc(Cl)cc(C(F)(F)F)c1. The van der Waals surface area contributed by atoms with E-state index in [1.54, 1.807) is 19.2 Å². The van der Waals surface area contributed by atoms with Gasteiger partial charge in [0.1, 0.15) is 5.82 Å². The molecule has 10 heteroatoms. The lowest BCUT2D eigenvalue weighted by atomic mass is 9.93. The fourth-order valence-corrected chi connectivity index (χ4v) is 5.08. The molecule has 5 nitrogen and oxygen atoms in total. The molecule has 0 bridgehead atoms. The lowest BCUT2D eigenvalue weighted by Gasteiger charge is -2.47. The first-order valence-electron chi connectivity index (χ1n) is 12.0. The summed E-state index contributed by atoms with van der Waals surface area (Å²) in [6.45, 7) is 6.44. The van der Waals surface area contributed by atoms with Gasteiger partial charge in [-0.1, -0.05) is 23.7 Å². The van der Waals surface area contributed by atoms with Gasteiger partial charge in [0.25, 0.3) is 5.91 Å². The van der Waals surface area contributed by atoms with Gasteiger partial charge < -0.3 is 14.5 Å². The molecule has 0 aromatic heterocycles. The van der Waals surface area contributed by atoms with Crippen LogP contribution in [0.15, 0.2) is 42.5 Å². The first kappa shape index (κ1) is 26.9. The summed E-state index contributed by atoms with van der Waals surface area (Å²) in [5.74, 6) is -1.01. The Morgan fingerprint density at radius 3 is 2.44 bits per heavy atom. The van der Waals surface area contributed by atoms with Crippen LogP contribution < -0.4 is 0 Å². The third-order valence-corrected chi connectivity index (χ3v) is 7.17. The van der Waals surface area contributed by atoms with E-state index in [1.165, 1.54) is 23.1 Å². The zero-order valence-corrected chi connectivity index (χ0v) is 20.9. The van der Waals surface area contributed by atoms with Crippen LogP contribution in [-0.4, -0.2) is 86.2 Å². The maximum Gasteiger partial charge on any atom is 0.416 e. The van der Waals surface area contributed by atoms with Crippen LogP contribution in [0.25, 0.3) is 0 Å². The third-order valence-electron chi connectivity index (χ3n) is 6.95. The second-order valence-electron chi connectivity index (χ2n) is 9.51. The van der Waals surface area contributed by atoms with E-state index >= 15 is 0 Å². The Balaban J connectivity index is 1.41. The Bertz CT molecular complexity index is 1040. The van der Waals surface area contributed by atoms with Crippen LogP contribution >= 0.6 is 11.6 Å². The van der Waals surface area contributed by atoms with Crippen LogP contribution in [0.5, 0.6) is 0 Å². The van der Waals surface area contributed by atoms with Gasteiger partial charge in [-0.15, -0.1) is 0 Å². The highest BCUT2D eigenvalue weighted by molar-refractivity contribution is 6.31. The molecule has 1 amide bonds. The van der Waals surface area contributed by atoms with Crippen LogP contribution in [0.2, 0.25) is 5.02 Å². The zero-order valence-electron chi connectivity index (χ0n) is 20.1. The second kappa shape index (κ2) is 11.5. The number of nitrogens with zero attached hydrogens (tertiary/aromatic N) is 3. The van der Waals surface area contributed by atoms with Gasteiger partial charge in [-0.3, -0.25) is 9.69 Å². The summed E-state index contributed by atoms with van der Waals surface area (Å²) in [7, 11) is 1.56. The van der Waals surface area contributed by atoms with Crippen LogP contribution in [0.4, 0.5) is 17.6 Å². The summed E-state index contributed by atoms with van der Waals surface area (Å²) < 4.78 is 58.6. The minimum absolute atomic E-state index is 0.108. The van der Waals surface area contributed by atoms with Crippen LogP contribution in [0.3, 0.4) is 0 Å². The van der Waals surface area contributed by atoms with E-state index in [1.807, 2.05) is 0 Å². The highest BCUT2D eigenvalue weighted by Crippen LogP contribution is 2.32. The predicted octanol–water partition coefficient (Wildman–Crippen LogP) is 4.76. The number of amides is 1. The predicted molar refractivity (Wildman–Crippen MR) is 130 cm³/mol. The Hall–Kier alpha value is -2.20. The maximum absolute atomic E-state index is 13.5. The van der Waals surface area contributed by atoms with Crippen molar-refractivity contribution in [3.63, 3.8) is 0 Å². The molecule has 2 saturated heterocycles. The van der Waals surface area contributed by atoms with Crippen LogP contribution in [-0.2, 0) is 10.9 Å². The Morgan fingerprint density at radius 2 is 1.81 bits per heavy atom. The second-order valence-corrected chi connectivity index (χ2v) is 9.95. The molecule has 196 valence electrons. The van der Waals surface area contributed by atoms with E-state index in [-0.39, 0.29) is 28.9 Å². The van der Waals surface area contributed by atoms with Crippen molar-refractivity contribution in [3.8, 4) is 0 Å². The highest BCUT2D eigenvalue weighted by Gasteiger charge is 2.34. The number of carbonyl (C=O) groups is 1. The third kappa shape index (κ3) is 6.76. The first-order valence-corrected chi connectivity index (χ1v) is 12.4. The van der Waals surface area contributed by atoms with Gasteiger partial charge in [0, 0.05) is 62.3 Å². The highest BCUT2D eigenvalue weighted by atomic mass is 35.5. The number of carbonyl (C=O) groups excluding carboxylic acids is 1. The van der Waals surface area contributed by atoms with E-state index in [4.69, 9.17) is 16.3 Å². The number of hydrogen-bond donors (Lipinski definition) is 0. The molecule has 0 spiro atoms. The molecule has 0 aliphatic carbocycles. The molecule has 2 aliphatic rings. The van der Waals surface area contributed by atoms with Crippen molar-refractivity contribution < 1.29 is 27.1 Å². The van der Waals surface area contributed by atoms with Crippen molar-refractivity contribution in [2.24, 2.45) is 0 Å². The zero-order chi connectivity index (χ0) is 25.9. The molecule has 0 radical (unpaired) electrons. The average molecular weight is 528 g/mol. The Morgan fingerprint density at radius 1 is 1.14 bits per heavy atom. The summed E-state index contributed by atoms with van der Waals surface area (Å²) in [5, 5.41) is -0.149. The van der Waals surface area contributed by atoms with Crippen LogP contribution in [0, 0.1) is 5.82 Å².